The van der Waals surface area contributed by atoms with Crippen LogP contribution in [-0.4, -0.2) is 37.0 Å². The van der Waals surface area contributed by atoms with E-state index >= 15 is 0 Å². The van der Waals surface area contributed by atoms with Crippen LogP contribution in [0.15, 0.2) is 42.7 Å². The molecule has 28 heavy (non-hydrogen) atoms. The van der Waals surface area contributed by atoms with Crippen LogP contribution < -0.4 is 19.5 Å². The third kappa shape index (κ3) is 4.20. The van der Waals surface area contributed by atoms with Gasteiger partial charge in [-0.25, -0.2) is 0 Å². The van der Waals surface area contributed by atoms with Crippen LogP contribution in [0.5, 0.6) is 17.2 Å². The van der Waals surface area contributed by atoms with E-state index in [1.54, 1.807) is 31.3 Å². The number of nitrogens with one attached hydrogen (secondary N) is 1. The van der Waals surface area contributed by atoms with E-state index in [1.807, 2.05) is 18.3 Å². The molecular weight excluding hydrogens is 360 g/mol. The lowest BCUT2D eigenvalue weighted by molar-refractivity contribution is -0.128. The zero-order valence-corrected chi connectivity index (χ0v) is 15.8. The van der Waals surface area contributed by atoms with Crippen LogP contribution in [0, 0.1) is 5.92 Å². The van der Waals surface area contributed by atoms with E-state index in [1.165, 1.54) is 0 Å². The number of carbonyl (C=O) groups excluding carboxylic acids is 1. The van der Waals surface area contributed by atoms with Crippen molar-refractivity contribution in [1.82, 2.24) is 10.3 Å². The molecule has 1 fully saturated rings. The highest BCUT2D eigenvalue weighted by Crippen LogP contribution is 2.35. The molecule has 2 aliphatic rings. The van der Waals surface area contributed by atoms with Crippen LogP contribution in [0.2, 0.25) is 0 Å². The van der Waals surface area contributed by atoms with E-state index < -0.39 is 6.10 Å². The Balaban J connectivity index is 1.44. The normalized spacial score (nSPS) is 18.3. The van der Waals surface area contributed by atoms with Gasteiger partial charge in [-0.05, 0) is 49.4 Å². The molecular formula is C21H24N2O5. The van der Waals surface area contributed by atoms with Gasteiger partial charge < -0.3 is 24.3 Å². The Kier molecular flexibility index (Phi) is 5.62. The summed E-state index contributed by atoms with van der Waals surface area (Å²) >= 11 is 0. The van der Waals surface area contributed by atoms with E-state index in [-0.39, 0.29) is 18.7 Å². The fourth-order valence-electron chi connectivity index (χ4n) is 3.56. The van der Waals surface area contributed by atoms with Crippen LogP contribution in [0.25, 0.3) is 0 Å². The smallest absolute Gasteiger partial charge is 0.261 e. The summed E-state index contributed by atoms with van der Waals surface area (Å²) in [6, 6.07) is 9.06. The predicted molar refractivity (Wildman–Crippen MR) is 101 cm³/mol. The SMILES string of the molecule is C[C@@H](Oc1ccc2c(c1)OCO2)C(=O)N[C@@H](c1cccnc1)C1CCOCC1. The van der Waals surface area contributed by atoms with Gasteiger partial charge in [-0.2, -0.15) is 0 Å². The lowest BCUT2D eigenvalue weighted by Crippen LogP contribution is -2.42. The summed E-state index contributed by atoms with van der Waals surface area (Å²) < 4.78 is 22.0. The van der Waals surface area contributed by atoms with Crippen molar-refractivity contribution < 1.29 is 23.7 Å². The van der Waals surface area contributed by atoms with Crippen LogP contribution in [-0.2, 0) is 9.53 Å². The van der Waals surface area contributed by atoms with Gasteiger partial charge in [0.2, 0.25) is 6.79 Å². The standard InChI is InChI=1S/C21H24N2O5/c1-14(28-17-4-5-18-19(11-17)27-13-26-18)21(24)23-20(15-6-9-25-10-7-15)16-3-2-8-22-12-16/h2-5,8,11-12,14-15,20H,6-7,9-10,13H2,1H3,(H,23,24)/t14-,20-/m1/s1. The zero-order valence-electron chi connectivity index (χ0n) is 15.8. The Morgan fingerprint density at radius 3 is 2.82 bits per heavy atom. The second-order valence-corrected chi connectivity index (χ2v) is 7.00. The van der Waals surface area contributed by atoms with Gasteiger partial charge in [-0.15, -0.1) is 0 Å². The fourth-order valence-corrected chi connectivity index (χ4v) is 3.56. The van der Waals surface area contributed by atoms with E-state index in [0.29, 0.717) is 36.4 Å². The van der Waals surface area contributed by atoms with E-state index in [2.05, 4.69) is 10.3 Å². The maximum absolute atomic E-state index is 12.9. The van der Waals surface area contributed by atoms with E-state index in [4.69, 9.17) is 18.9 Å². The van der Waals surface area contributed by atoms with E-state index in [9.17, 15) is 4.79 Å². The summed E-state index contributed by atoms with van der Waals surface area (Å²) in [6.07, 6.45) is 4.69. The molecule has 3 heterocycles. The molecule has 0 unspecified atom stereocenters. The van der Waals surface area contributed by atoms with Gasteiger partial charge in [0, 0.05) is 31.7 Å². The number of benzene rings is 1. The Morgan fingerprint density at radius 1 is 1.21 bits per heavy atom. The molecule has 1 aromatic carbocycles. The number of carbonyl (C=O) groups is 1. The number of hydrogen-bond donors (Lipinski definition) is 1. The molecule has 7 heteroatoms. The number of ether oxygens (including phenoxy) is 4. The highest BCUT2D eigenvalue weighted by atomic mass is 16.7. The molecule has 4 rings (SSSR count). The zero-order chi connectivity index (χ0) is 19.3. The average Bonchev–Trinajstić information content (AvgIpc) is 3.21. The summed E-state index contributed by atoms with van der Waals surface area (Å²) in [6.45, 7) is 3.36. The fraction of sp³-hybridized carbons (Fsp3) is 0.429. The monoisotopic (exact) mass is 384 g/mol. The minimum atomic E-state index is -0.653. The van der Waals surface area contributed by atoms with E-state index in [0.717, 1.165) is 18.4 Å². The van der Waals surface area contributed by atoms with Crippen molar-refractivity contribution in [3.63, 3.8) is 0 Å². The lowest BCUT2D eigenvalue weighted by Gasteiger charge is -2.32. The van der Waals surface area contributed by atoms with Crippen molar-refractivity contribution in [3.05, 3.63) is 48.3 Å². The predicted octanol–water partition coefficient (Wildman–Crippen LogP) is 2.86. The molecule has 0 saturated carbocycles. The molecule has 1 aromatic heterocycles. The van der Waals surface area contributed by atoms with Crippen molar-refractivity contribution in [2.24, 2.45) is 5.92 Å². The second-order valence-electron chi connectivity index (χ2n) is 7.00. The molecule has 2 aliphatic heterocycles. The first kappa shape index (κ1) is 18.6. The summed E-state index contributed by atoms with van der Waals surface area (Å²) in [5.41, 5.74) is 0.998. The molecule has 2 atom stereocenters. The molecule has 0 radical (unpaired) electrons. The summed E-state index contributed by atoms with van der Waals surface area (Å²) in [5.74, 6) is 2.01. The largest absolute Gasteiger partial charge is 0.481 e. The van der Waals surface area contributed by atoms with Crippen molar-refractivity contribution in [1.29, 1.82) is 0 Å². The first-order valence-electron chi connectivity index (χ1n) is 9.55. The summed E-state index contributed by atoms with van der Waals surface area (Å²) in [4.78, 5) is 17.1. The van der Waals surface area contributed by atoms with Crippen LogP contribution in [0.1, 0.15) is 31.4 Å². The Labute approximate surface area is 164 Å². The quantitative estimate of drug-likeness (QED) is 0.825. The molecule has 2 aromatic rings. The molecule has 0 bridgehead atoms. The molecule has 0 spiro atoms. The van der Waals surface area contributed by atoms with Gasteiger partial charge in [0.15, 0.2) is 17.6 Å². The maximum atomic E-state index is 12.9. The average molecular weight is 384 g/mol. The number of nitrogens with zero attached hydrogens (tertiary/aromatic N) is 1. The number of amides is 1. The summed E-state index contributed by atoms with van der Waals surface area (Å²) in [7, 11) is 0. The topological polar surface area (TPSA) is 78.9 Å². The number of aromatic nitrogens is 1. The van der Waals surface area contributed by atoms with Gasteiger partial charge >= 0.3 is 0 Å². The first-order valence-corrected chi connectivity index (χ1v) is 9.55. The van der Waals surface area contributed by atoms with Crippen LogP contribution >= 0.6 is 0 Å². The van der Waals surface area contributed by atoms with Crippen molar-refractivity contribution in [2.45, 2.75) is 31.9 Å². The van der Waals surface area contributed by atoms with Crippen LogP contribution in [0.3, 0.4) is 0 Å². The van der Waals surface area contributed by atoms with Crippen molar-refractivity contribution in [3.8, 4) is 17.2 Å². The van der Waals surface area contributed by atoms with Crippen molar-refractivity contribution >= 4 is 5.91 Å². The highest BCUT2D eigenvalue weighted by molar-refractivity contribution is 5.81. The van der Waals surface area contributed by atoms with Gasteiger partial charge in [-0.1, -0.05) is 6.07 Å². The summed E-state index contributed by atoms with van der Waals surface area (Å²) in [5, 5.41) is 3.16. The highest BCUT2D eigenvalue weighted by Gasteiger charge is 2.29. The Bertz CT molecular complexity index is 808. The molecule has 1 N–H and O–H groups in total. The molecule has 7 nitrogen and oxygen atoms in total. The van der Waals surface area contributed by atoms with Gasteiger partial charge in [0.1, 0.15) is 5.75 Å². The van der Waals surface area contributed by atoms with Gasteiger partial charge in [0.25, 0.3) is 5.91 Å². The number of pyridine rings is 1. The van der Waals surface area contributed by atoms with Crippen molar-refractivity contribution in [2.75, 3.05) is 20.0 Å². The Morgan fingerprint density at radius 2 is 2.04 bits per heavy atom. The number of fused-ring (bicyclic) bond motifs is 1. The lowest BCUT2D eigenvalue weighted by atomic mass is 9.87. The number of hydrogen-bond acceptors (Lipinski definition) is 6. The molecule has 1 saturated heterocycles. The maximum Gasteiger partial charge on any atom is 0.261 e. The minimum absolute atomic E-state index is 0.118. The van der Waals surface area contributed by atoms with Crippen LogP contribution in [0.4, 0.5) is 0 Å². The molecule has 1 amide bonds. The third-order valence-electron chi connectivity index (χ3n) is 5.10. The van der Waals surface area contributed by atoms with Gasteiger partial charge in [-0.3, -0.25) is 9.78 Å². The molecule has 148 valence electrons. The molecule has 0 aliphatic carbocycles. The van der Waals surface area contributed by atoms with Gasteiger partial charge in [0.05, 0.1) is 6.04 Å². The first-order chi connectivity index (χ1) is 13.7. The third-order valence-corrected chi connectivity index (χ3v) is 5.10. The second kappa shape index (κ2) is 8.48. The minimum Gasteiger partial charge on any atom is -0.481 e. The number of rotatable bonds is 6. The Hall–Kier alpha value is -2.80.